The van der Waals surface area contributed by atoms with Crippen LogP contribution >= 0.6 is 0 Å². The number of anilines is 1. The van der Waals surface area contributed by atoms with Gasteiger partial charge in [0.2, 0.25) is 5.91 Å². The topological polar surface area (TPSA) is 95.6 Å². The van der Waals surface area contributed by atoms with Crippen LogP contribution in [0.1, 0.15) is 18.2 Å². The first-order chi connectivity index (χ1) is 11.1. The van der Waals surface area contributed by atoms with Gasteiger partial charge in [0.05, 0.1) is 11.7 Å². The van der Waals surface area contributed by atoms with Crippen LogP contribution in [0.15, 0.2) is 36.8 Å². The molecule has 2 heterocycles. The molecule has 0 aliphatic carbocycles. The van der Waals surface area contributed by atoms with Crippen molar-refractivity contribution in [2.45, 2.75) is 26.4 Å². The maximum atomic E-state index is 12.2. The van der Waals surface area contributed by atoms with E-state index in [1.54, 1.807) is 13.1 Å². The van der Waals surface area contributed by atoms with Gasteiger partial charge in [-0.2, -0.15) is 5.10 Å². The average molecular weight is 310 g/mol. The van der Waals surface area contributed by atoms with Crippen molar-refractivity contribution in [3.8, 4) is 0 Å². The van der Waals surface area contributed by atoms with Crippen molar-refractivity contribution >= 4 is 22.6 Å². The lowest BCUT2D eigenvalue weighted by molar-refractivity contribution is -0.121. The molecule has 1 aromatic carbocycles. The number of carbonyl (C=O) groups is 1. The molecule has 1 unspecified atom stereocenters. The fourth-order valence-electron chi connectivity index (χ4n) is 2.28. The first-order valence-corrected chi connectivity index (χ1v) is 7.38. The van der Waals surface area contributed by atoms with Gasteiger partial charge in [0.15, 0.2) is 0 Å². The number of fused-ring (bicyclic) bond motifs is 1. The molecule has 0 bridgehead atoms. The molecule has 0 saturated carbocycles. The number of rotatable bonds is 5. The zero-order valence-corrected chi connectivity index (χ0v) is 13.0. The van der Waals surface area contributed by atoms with E-state index >= 15 is 0 Å². The summed E-state index contributed by atoms with van der Waals surface area (Å²) < 4.78 is 0. The lowest BCUT2D eigenvalue weighted by atomic mass is 10.2. The molecule has 0 radical (unpaired) electrons. The second kappa shape index (κ2) is 6.43. The fraction of sp³-hybridized carbons (Fsp3) is 0.250. The van der Waals surface area contributed by atoms with Crippen LogP contribution in [0.25, 0.3) is 10.9 Å². The van der Waals surface area contributed by atoms with Crippen LogP contribution in [0.2, 0.25) is 0 Å². The highest BCUT2D eigenvalue weighted by molar-refractivity contribution is 5.91. The molecular weight excluding hydrogens is 292 g/mol. The second-order valence-corrected chi connectivity index (χ2v) is 5.34. The number of hydrogen-bond acceptors (Lipinski definition) is 5. The largest absolute Gasteiger partial charge is 0.358 e. The van der Waals surface area contributed by atoms with E-state index in [2.05, 4.69) is 30.8 Å². The van der Waals surface area contributed by atoms with Gasteiger partial charge >= 0.3 is 0 Å². The molecule has 0 spiro atoms. The summed E-state index contributed by atoms with van der Waals surface area (Å²) in [4.78, 5) is 20.7. The highest BCUT2D eigenvalue weighted by Crippen LogP contribution is 2.18. The Morgan fingerprint density at radius 2 is 2.13 bits per heavy atom. The molecule has 118 valence electrons. The van der Waals surface area contributed by atoms with Crippen molar-refractivity contribution in [3.63, 3.8) is 0 Å². The van der Waals surface area contributed by atoms with E-state index in [0.717, 1.165) is 22.2 Å². The van der Waals surface area contributed by atoms with Crippen LogP contribution in [0.5, 0.6) is 0 Å². The van der Waals surface area contributed by atoms with Crippen LogP contribution in [-0.2, 0) is 11.3 Å². The average Bonchev–Trinajstić information content (AvgIpc) is 2.98. The number of benzene rings is 1. The van der Waals surface area contributed by atoms with Gasteiger partial charge < -0.3 is 10.6 Å². The molecule has 2 aromatic heterocycles. The third-order valence-electron chi connectivity index (χ3n) is 3.68. The number of nitrogens with one attached hydrogen (secondary N) is 3. The molecule has 0 saturated heterocycles. The predicted octanol–water partition coefficient (Wildman–Crippen LogP) is 1.78. The third kappa shape index (κ3) is 3.28. The third-order valence-corrected chi connectivity index (χ3v) is 3.68. The summed E-state index contributed by atoms with van der Waals surface area (Å²) in [7, 11) is 0. The van der Waals surface area contributed by atoms with Crippen molar-refractivity contribution in [1.29, 1.82) is 0 Å². The summed E-state index contributed by atoms with van der Waals surface area (Å²) in [6.45, 7) is 4.16. The lowest BCUT2D eigenvalue weighted by Gasteiger charge is -2.15. The van der Waals surface area contributed by atoms with Gasteiger partial charge in [-0.25, -0.2) is 9.97 Å². The van der Waals surface area contributed by atoms with Gasteiger partial charge in [-0.05, 0) is 26.0 Å². The molecule has 3 rings (SSSR count). The van der Waals surface area contributed by atoms with E-state index in [4.69, 9.17) is 0 Å². The van der Waals surface area contributed by atoms with Gasteiger partial charge in [0.25, 0.3) is 0 Å². The summed E-state index contributed by atoms with van der Waals surface area (Å²) in [6.07, 6.45) is 3.20. The smallest absolute Gasteiger partial charge is 0.242 e. The number of nitrogens with zero attached hydrogens (tertiary/aromatic N) is 3. The molecule has 23 heavy (non-hydrogen) atoms. The highest BCUT2D eigenvalue weighted by atomic mass is 16.2. The Kier molecular flexibility index (Phi) is 4.18. The van der Waals surface area contributed by atoms with E-state index in [0.29, 0.717) is 12.4 Å². The number of aromatic nitrogens is 4. The van der Waals surface area contributed by atoms with E-state index in [1.165, 1.54) is 6.33 Å². The maximum Gasteiger partial charge on any atom is 0.242 e. The van der Waals surface area contributed by atoms with Crippen LogP contribution in [-0.4, -0.2) is 32.1 Å². The quantitative estimate of drug-likeness (QED) is 0.667. The Morgan fingerprint density at radius 3 is 2.91 bits per heavy atom. The molecule has 7 heteroatoms. The normalized spacial score (nSPS) is 12.1. The summed E-state index contributed by atoms with van der Waals surface area (Å²) in [5.74, 6) is 0.547. The Hall–Kier alpha value is -2.96. The molecule has 0 fully saturated rings. The number of H-pyrrole nitrogens is 1. The number of amides is 1. The van der Waals surface area contributed by atoms with Crippen LogP contribution < -0.4 is 10.6 Å². The Bertz CT molecular complexity index is 823. The Morgan fingerprint density at radius 1 is 1.30 bits per heavy atom. The van der Waals surface area contributed by atoms with Crippen molar-refractivity contribution in [2.75, 3.05) is 5.32 Å². The molecule has 1 amide bonds. The van der Waals surface area contributed by atoms with E-state index in [9.17, 15) is 4.79 Å². The Labute approximate surface area is 133 Å². The number of aryl methyl sites for hydroxylation is 1. The molecular formula is C16H18N6O. The summed E-state index contributed by atoms with van der Waals surface area (Å²) in [5, 5.41) is 13.7. The standard InChI is InChI=1S/C16H18N6O/c1-10-12(8-20-22-10)7-17-16(23)11(2)21-15-13-5-3-4-6-14(13)18-9-19-15/h3-6,8-9,11H,7H2,1-2H3,(H,17,23)(H,20,22)(H,18,19,21). The second-order valence-electron chi connectivity index (χ2n) is 5.34. The molecule has 1 atom stereocenters. The molecule has 0 aliphatic heterocycles. The van der Waals surface area contributed by atoms with Gasteiger partial charge in [-0.15, -0.1) is 0 Å². The van der Waals surface area contributed by atoms with Crippen molar-refractivity contribution in [3.05, 3.63) is 48.0 Å². The zero-order chi connectivity index (χ0) is 16.2. The highest BCUT2D eigenvalue weighted by Gasteiger charge is 2.15. The minimum Gasteiger partial charge on any atom is -0.358 e. The van der Waals surface area contributed by atoms with Crippen molar-refractivity contribution in [1.82, 2.24) is 25.5 Å². The van der Waals surface area contributed by atoms with Crippen molar-refractivity contribution in [2.24, 2.45) is 0 Å². The van der Waals surface area contributed by atoms with Crippen LogP contribution in [0.3, 0.4) is 0 Å². The van der Waals surface area contributed by atoms with Crippen LogP contribution in [0, 0.1) is 6.92 Å². The number of carbonyl (C=O) groups excluding carboxylic acids is 1. The number of para-hydroxylation sites is 1. The van der Waals surface area contributed by atoms with Crippen molar-refractivity contribution < 1.29 is 4.79 Å². The van der Waals surface area contributed by atoms with Gasteiger partial charge in [-0.1, -0.05) is 12.1 Å². The fourth-order valence-corrected chi connectivity index (χ4v) is 2.28. The monoisotopic (exact) mass is 310 g/mol. The van der Waals surface area contributed by atoms with Gasteiger partial charge in [-0.3, -0.25) is 9.89 Å². The molecule has 3 aromatic rings. The predicted molar refractivity (Wildman–Crippen MR) is 87.8 cm³/mol. The molecule has 0 aliphatic rings. The number of aromatic amines is 1. The first-order valence-electron chi connectivity index (χ1n) is 7.38. The minimum absolute atomic E-state index is 0.103. The summed E-state index contributed by atoms with van der Waals surface area (Å²) in [6, 6.07) is 7.26. The maximum absolute atomic E-state index is 12.2. The summed E-state index contributed by atoms with van der Waals surface area (Å²) in [5.41, 5.74) is 2.76. The number of hydrogen-bond donors (Lipinski definition) is 3. The van der Waals surface area contributed by atoms with E-state index < -0.39 is 6.04 Å². The Balaban J connectivity index is 1.67. The SMILES string of the molecule is Cc1[nH]ncc1CNC(=O)C(C)Nc1ncnc2ccccc12. The van der Waals surface area contributed by atoms with Gasteiger partial charge in [0.1, 0.15) is 18.2 Å². The molecule has 3 N–H and O–H groups in total. The van der Waals surface area contributed by atoms with Crippen LogP contribution in [0.4, 0.5) is 5.82 Å². The minimum atomic E-state index is -0.416. The zero-order valence-electron chi connectivity index (χ0n) is 13.0. The van der Waals surface area contributed by atoms with Gasteiger partial charge in [0, 0.05) is 23.2 Å². The lowest BCUT2D eigenvalue weighted by Crippen LogP contribution is -2.37. The van der Waals surface area contributed by atoms with E-state index in [-0.39, 0.29) is 5.91 Å². The van der Waals surface area contributed by atoms with E-state index in [1.807, 2.05) is 31.2 Å². The summed E-state index contributed by atoms with van der Waals surface area (Å²) >= 11 is 0. The first kappa shape index (κ1) is 15.0. The molecule has 7 nitrogen and oxygen atoms in total.